The summed E-state index contributed by atoms with van der Waals surface area (Å²) in [5, 5.41) is 10.0. The zero-order valence-corrected chi connectivity index (χ0v) is 26.1. The van der Waals surface area contributed by atoms with Gasteiger partial charge in [-0.1, -0.05) is 24.3 Å². The second-order valence-electron chi connectivity index (χ2n) is 12.2. The van der Waals surface area contributed by atoms with Gasteiger partial charge in [-0.25, -0.2) is 0 Å². The van der Waals surface area contributed by atoms with Crippen molar-refractivity contribution in [1.82, 2.24) is 4.90 Å². The minimum atomic E-state index is -1.21. The highest BCUT2D eigenvalue weighted by Gasteiger charge is 2.78. The molecular formula is C35H43N3O6. The maximum Gasteiger partial charge on any atom is 0.253 e. The van der Waals surface area contributed by atoms with Crippen LogP contribution in [0.25, 0.3) is 0 Å². The molecule has 2 aromatic rings. The Kier molecular flexibility index (Phi) is 8.73. The van der Waals surface area contributed by atoms with Crippen LogP contribution in [0.15, 0.2) is 67.8 Å². The summed E-state index contributed by atoms with van der Waals surface area (Å²) < 4.78 is 12.4. The van der Waals surface area contributed by atoms with Crippen molar-refractivity contribution in [2.45, 2.75) is 57.8 Å². The Bertz CT molecular complexity index is 1460. The van der Waals surface area contributed by atoms with Gasteiger partial charge in [0.05, 0.1) is 30.7 Å². The van der Waals surface area contributed by atoms with Crippen LogP contribution in [0.2, 0.25) is 0 Å². The monoisotopic (exact) mass is 601 g/mol. The highest BCUT2D eigenvalue weighted by Crippen LogP contribution is 2.63. The molecule has 3 aliphatic heterocycles. The topological polar surface area (TPSA) is 99.6 Å². The highest BCUT2D eigenvalue weighted by molar-refractivity contribution is 6.07. The van der Waals surface area contributed by atoms with Gasteiger partial charge in [-0.2, -0.15) is 0 Å². The second kappa shape index (κ2) is 12.2. The van der Waals surface area contributed by atoms with E-state index < -0.39 is 29.1 Å². The van der Waals surface area contributed by atoms with Crippen molar-refractivity contribution in [2.24, 2.45) is 11.8 Å². The van der Waals surface area contributed by atoms with E-state index in [0.29, 0.717) is 30.9 Å². The second-order valence-corrected chi connectivity index (χ2v) is 12.2. The van der Waals surface area contributed by atoms with Crippen LogP contribution in [0.5, 0.6) is 5.75 Å². The number of amides is 3. The van der Waals surface area contributed by atoms with Gasteiger partial charge >= 0.3 is 0 Å². The summed E-state index contributed by atoms with van der Waals surface area (Å²) >= 11 is 0. The van der Waals surface area contributed by atoms with E-state index in [4.69, 9.17) is 9.47 Å². The molecule has 3 fully saturated rings. The fourth-order valence-corrected chi connectivity index (χ4v) is 7.53. The van der Waals surface area contributed by atoms with Crippen LogP contribution in [-0.2, 0) is 19.1 Å². The first-order valence-electron chi connectivity index (χ1n) is 15.3. The number of aliphatic hydroxyl groups excluding tert-OH is 1. The van der Waals surface area contributed by atoms with Gasteiger partial charge in [0.25, 0.3) is 5.91 Å². The molecule has 3 saturated heterocycles. The smallest absolute Gasteiger partial charge is 0.253 e. The molecule has 5 atom stereocenters. The van der Waals surface area contributed by atoms with E-state index >= 15 is 0 Å². The summed E-state index contributed by atoms with van der Waals surface area (Å²) in [7, 11) is 0. The maximum absolute atomic E-state index is 14.7. The van der Waals surface area contributed by atoms with Crippen LogP contribution in [0.3, 0.4) is 0 Å². The molecule has 1 N–H and O–H groups in total. The molecule has 0 aliphatic carbocycles. The van der Waals surface area contributed by atoms with Crippen LogP contribution in [0.4, 0.5) is 11.4 Å². The first-order valence-corrected chi connectivity index (χ1v) is 15.3. The molecule has 9 heteroatoms. The minimum Gasteiger partial charge on any atom is -0.494 e. The standard InChI is InChI=1S/C35H43N3O6/c1-7-18-36(25-12-14-26(15-13-25)43-9-3)31(40)28-29-32(41)38(20-21-39)30(35(29)17-16-34(28,6)44-35)33(42)37(19-8-2)27-22-23(4)10-11-24(27)5/h7-8,10-15,22,28-30,39H,1-2,9,16-21H2,3-6H3/t28-,29-,30?,34+,35?/m0/s1. The van der Waals surface area contributed by atoms with Crippen molar-refractivity contribution in [3.8, 4) is 5.75 Å². The number of hydrogen-bond acceptors (Lipinski definition) is 6. The average molecular weight is 602 g/mol. The summed E-state index contributed by atoms with van der Waals surface area (Å²) in [4.78, 5) is 48.3. The summed E-state index contributed by atoms with van der Waals surface area (Å²) in [6.45, 7) is 16.1. The number of likely N-dealkylation sites (tertiary alicyclic amines) is 1. The minimum absolute atomic E-state index is 0.0432. The molecule has 3 amide bonds. The molecule has 0 radical (unpaired) electrons. The lowest BCUT2D eigenvalue weighted by Crippen LogP contribution is -2.57. The van der Waals surface area contributed by atoms with Gasteiger partial charge in [0.15, 0.2) is 0 Å². The van der Waals surface area contributed by atoms with E-state index in [1.165, 1.54) is 4.90 Å². The van der Waals surface area contributed by atoms with E-state index in [2.05, 4.69) is 13.2 Å². The highest BCUT2D eigenvalue weighted by atomic mass is 16.5. The Hall–Kier alpha value is -3.95. The van der Waals surface area contributed by atoms with E-state index in [1.54, 1.807) is 22.0 Å². The first-order chi connectivity index (χ1) is 21.1. The van der Waals surface area contributed by atoms with E-state index in [-0.39, 0.29) is 44.0 Å². The molecule has 3 aliphatic rings. The normalized spacial score (nSPS) is 26.8. The number of carbonyl (C=O) groups is 3. The fourth-order valence-electron chi connectivity index (χ4n) is 7.53. The molecule has 2 unspecified atom stereocenters. The number of fused-ring (bicyclic) bond motifs is 1. The molecule has 44 heavy (non-hydrogen) atoms. The lowest BCUT2D eigenvalue weighted by atomic mass is 9.66. The quantitative estimate of drug-likeness (QED) is 0.366. The molecule has 0 saturated carbocycles. The van der Waals surface area contributed by atoms with Crippen molar-refractivity contribution in [2.75, 3.05) is 42.6 Å². The number of β-amino-alcohol motifs (C(OH)–C–C–N with tert-alkyl or cyclic N) is 1. The third-order valence-corrected chi connectivity index (χ3v) is 9.39. The summed E-state index contributed by atoms with van der Waals surface area (Å²) in [6.07, 6.45) is 4.27. The average Bonchev–Trinajstić information content (AvgIpc) is 3.57. The molecule has 3 heterocycles. The number of hydrogen-bond donors (Lipinski definition) is 1. The van der Waals surface area contributed by atoms with Crippen molar-refractivity contribution in [1.29, 1.82) is 0 Å². The Labute approximate surface area is 259 Å². The predicted octanol–water partition coefficient (Wildman–Crippen LogP) is 4.20. The zero-order chi connectivity index (χ0) is 31.8. The van der Waals surface area contributed by atoms with Crippen molar-refractivity contribution in [3.63, 3.8) is 0 Å². The van der Waals surface area contributed by atoms with Gasteiger partial charge in [-0.15, -0.1) is 13.2 Å². The lowest BCUT2D eigenvalue weighted by molar-refractivity contribution is -0.145. The number of aliphatic hydroxyl groups is 1. The molecular weight excluding hydrogens is 558 g/mol. The summed E-state index contributed by atoms with van der Waals surface area (Å²) in [6, 6.07) is 12.1. The van der Waals surface area contributed by atoms with Gasteiger partial charge in [0, 0.05) is 31.0 Å². The molecule has 234 valence electrons. The molecule has 0 aromatic heterocycles. The number of ether oxygens (including phenoxy) is 2. The lowest BCUT2D eigenvalue weighted by Gasteiger charge is -2.37. The third kappa shape index (κ3) is 5.02. The molecule has 1 spiro atoms. The maximum atomic E-state index is 14.7. The SMILES string of the molecule is C=CCN(C(=O)[C@@H]1[C@H]2C(=O)N(CCO)C(C(=O)N(CC=C)c3cc(C)ccc3C)C23CC[C@@]1(C)O3)c1ccc(OCC)cc1. The van der Waals surface area contributed by atoms with Gasteiger partial charge in [0.1, 0.15) is 17.4 Å². The Morgan fingerprint density at radius 1 is 1.07 bits per heavy atom. The number of aryl methyl sites for hydroxylation is 2. The van der Waals surface area contributed by atoms with Gasteiger partial charge in [0.2, 0.25) is 11.8 Å². The van der Waals surface area contributed by atoms with E-state index in [1.807, 2.05) is 70.2 Å². The number of nitrogens with zero attached hydrogens (tertiary/aromatic N) is 3. The van der Waals surface area contributed by atoms with Crippen LogP contribution in [0.1, 0.15) is 37.8 Å². The van der Waals surface area contributed by atoms with Crippen molar-refractivity contribution < 1.29 is 29.0 Å². The largest absolute Gasteiger partial charge is 0.494 e. The summed E-state index contributed by atoms with van der Waals surface area (Å²) in [5.41, 5.74) is 1.11. The summed E-state index contributed by atoms with van der Waals surface area (Å²) in [5.74, 6) is -1.93. The van der Waals surface area contributed by atoms with Gasteiger partial charge in [-0.05, 0) is 82.0 Å². The molecule has 9 nitrogen and oxygen atoms in total. The van der Waals surface area contributed by atoms with Crippen LogP contribution in [0, 0.1) is 25.7 Å². The van der Waals surface area contributed by atoms with Crippen LogP contribution in [-0.4, -0.2) is 77.8 Å². The Balaban J connectivity index is 1.57. The number of rotatable bonds is 12. The molecule has 2 bridgehead atoms. The van der Waals surface area contributed by atoms with Crippen molar-refractivity contribution in [3.05, 3.63) is 78.9 Å². The van der Waals surface area contributed by atoms with Crippen molar-refractivity contribution >= 4 is 29.1 Å². The number of benzene rings is 2. The third-order valence-electron chi connectivity index (χ3n) is 9.39. The Morgan fingerprint density at radius 2 is 1.75 bits per heavy atom. The van der Waals surface area contributed by atoms with Crippen LogP contribution < -0.4 is 14.5 Å². The predicted molar refractivity (Wildman–Crippen MR) is 170 cm³/mol. The van der Waals surface area contributed by atoms with E-state index in [0.717, 1.165) is 16.8 Å². The van der Waals surface area contributed by atoms with Gasteiger partial charge < -0.3 is 29.3 Å². The molecule has 5 rings (SSSR count). The van der Waals surface area contributed by atoms with E-state index in [9.17, 15) is 19.5 Å². The number of carbonyl (C=O) groups excluding carboxylic acids is 3. The zero-order valence-electron chi connectivity index (χ0n) is 26.1. The van der Waals surface area contributed by atoms with Crippen LogP contribution >= 0.6 is 0 Å². The molecule has 2 aromatic carbocycles. The fraction of sp³-hybridized carbons (Fsp3) is 0.457. The number of anilines is 2. The van der Waals surface area contributed by atoms with Gasteiger partial charge in [-0.3, -0.25) is 14.4 Å². The Morgan fingerprint density at radius 3 is 2.39 bits per heavy atom. The first kappa shape index (κ1) is 31.5.